The normalized spacial score (nSPS) is 18.0. The van der Waals surface area contributed by atoms with E-state index >= 15 is 0 Å². The number of rotatable bonds is 3. The van der Waals surface area contributed by atoms with Crippen LogP contribution in [0.25, 0.3) is 11.0 Å². The van der Waals surface area contributed by atoms with Crippen LogP contribution >= 0.6 is 0 Å². The van der Waals surface area contributed by atoms with Crippen molar-refractivity contribution in [1.29, 1.82) is 0 Å². The lowest BCUT2D eigenvalue weighted by atomic mass is 10.1. The van der Waals surface area contributed by atoms with Gasteiger partial charge >= 0.3 is 0 Å². The molecule has 0 unspecified atom stereocenters. The summed E-state index contributed by atoms with van der Waals surface area (Å²) in [6.45, 7) is 3.02. The number of fused-ring (bicyclic) bond motifs is 1. The molecule has 1 aliphatic rings. The van der Waals surface area contributed by atoms with Crippen LogP contribution in [0.5, 0.6) is 0 Å². The molecule has 1 atom stereocenters. The van der Waals surface area contributed by atoms with E-state index in [1.165, 1.54) is 6.20 Å². The van der Waals surface area contributed by atoms with Gasteiger partial charge in [-0.1, -0.05) is 0 Å². The molecule has 0 aromatic carbocycles. The van der Waals surface area contributed by atoms with Crippen LogP contribution in [0.3, 0.4) is 0 Å². The summed E-state index contributed by atoms with van der Waals surface area (Å²) in [4.78, 5) is 31.6. The van der Waals surface area contributed by atoms with Gasteiger partial charge in [-0.2, -0.15) is 0 Å². The Morgan fingerprint density at radius 1 is 1.52 bits per heavy atom. The highest BCUT2D eigenvalue weighted by molar-refractivity contribution is 5.96. The highest BCUT2D eigenvalue weighted by atomic mass is 16.5. The lowest BCUT2D eigenvalue weighted by Gasteiger charge is -2.10. The Hall–Kier alpha value is -2.21. The van der Waals surface area contributed by atoms with Crippen molar-refractivity contribution in [2.45, 2.75) is 25.9 Å². The molecule has 1 fully saturated rings. The molecule has 0 bridgehead atoms. The Kier molecular flexibility index (Phi) is 3.70. The molecule has 0 aliphatic carbocycles. The zero-order chi connectivity index (χ0) is 14.8. The van der Waals surface area contributed by atoms with Crippen molar-refractivity contribution in [3.8, 4) is 0 Å². The van der Waals surface area contributed by atoms with Crippen LogP contribution in [0.1, 0.15) is 28.9 Å². The first-order chi connectivity index (χ1) is 10.1. The lowest BCUT2D eigenvalue weighted by molar-refractivity contribution is 0.0857. The Bertz CT molecular complexity index is 733. The summed E-state index contributed by atoms with van der Waals surface area (Å²) in [5, 5.41) is 3.18. The van der Waals surface area contributed by atoms with Crippen LogP contribution in [0.15, 0.2) is 23.1 Å². The molecule has 110 valence electrons. The van der Waals surface area contributed by atoms with E-state index in [-0.39, 0.29) is 23.0 Å². The summed E-state index contributed by atoms with van der Waals surface area (Å²) in [5.41, 5.74) is 1.11. The zero-order valence-electron chi connectivity index (χ0n) is 11.8. The zero-order valence-corrected chi connectivity index (χ0v) is 11.8. The number of amides is 1. The maximum Gasteiger partial charge on any atom is 0.256 e. The number of aryl methyl sites for hydroxylation is 1. The predicted molar refractivity (Wildman–Crippen MR) is 78.4 cm³/mol. The van der Waals surface area contributed by atoms with Crippen LogP contribution in [0.4, 0.5) is 0 Å². The first kappa shape index (κ1) is 13.8. The first-order valence-electron chi connectivity index (χ1n) is 7.04. The number of hydrogen-bond donors (Lipinski definition) is 2. The van der Waals surface area contributed by atoms with Gasteiger partial charge in [0.05, 0.1) is 11.5 Å². The van der Waals surface area contributed by atoms with Crippen LogP contribution in [0, 0.1) is 6.92 Å². The van der Waals surface area contributed by atoms with E-state index in [0.29, 0.717) is 17.6 Å². The van der Waals surface area contributed by atoms with Gasteiger partial charge in [0.25, 0.3) is 5.91 Å². The second kappa shape index (κ2) is 5.65. The van der Waals surface area contributed by atoms with Gasteiger partial charge in [0.2, 0.25) is 5.43 Å². The average molecular weight is 287 g/mol. The van der Waals surface area contributed by atoms with Crippen molar-refractivity contribution in [1.82, 2.24) is 15.3 Å². The number of ether oxygens (including phenoxy) is 1. The van der Waals surface area contributed by atoms with Crippen LogP contribution in [-0.4, -0.2) is 35.1 Å². The lowest BCUT2D eigenvalue weighted by Crippen LogP contribution is -2.34. The highest BCUT2D eigenvalue weighted by Gasteiger charge is 2.18. The smallest absolute Gasteiger partial charge is 0.256 e. The largest absolute Gasteiger partial charge is 0.376 e. The molecular weight excluding hydrogens is 270 g/mol. The van der Waals surface area contributed by atoms with Gasteiger partial charge in [0.15, 0.2) is 0 Å². The number of H-pyrrole nitrogens is 1. The number of aromatic nitrogens is 2. The van der Waals surface area contributed by atoms with Gasteiger partial charge in [-0.25, -0.2) is 4.98 Å². The fourth-order valence-electron chi connectivity index (χ4n) is 2.48. The van der Waals surface area contributed by atoms with E-state index in [9.17, 15) is 9.59 Å². The molecule has 3 rings (SSSR count). The minimum absolute atomic E-state index is 0.0535. The maximum absolute atomic E-state index is 12.3. The van der Waals surface area contributed by atoms with Gasteiger partial charge in [-0.3, -0.25) is 9.59 Å². The fraction of sp³-hybridized carbons (Fsp3) is 0.400. The third-order valence-electron chi connectivity index (χ3n) is 3.64. The molecule has 21 heavy (non-hydrogen) atoms. The number of nitrogens with one attached hydrogen (secondary N) is 2. The number of aromatic amines is 1. The molecule has 2 N–H and O–H groups in total. The molecular formula is C15H17N3O3. The summed E-state index contributed by atoms with van der Waals surface area (Å²) in [5.74, 6) is -0.380. The summed E-state index contributed by atoms with van der Waals surface area (Å²) in [6, 6.07) is 3.44. The Labute approximate surface area is 121 Å². The molecule has 2 aromatic rings. The number of hydrogen-bond acceptors (Lipinski definition) is 4. The van der Waals surface area contributed by atoms with Gasteiger partial charge in [-0.15, -0.1) is 0 Å². The van der Waals surface area contributed by atoms with E-state index in [0.717, 1.165) is 25.1 Å². The molecule has 3 heterocycles. The van der Waals surface area contributed by atoms with Gasteiger partial charge < -0.3 is 15.0 Å². The van der Waals surface area contributed by atoms with Crippen molar-refractivity contribution < 1.29 is 9.53 Å². The minimum atomic E-state index is -0.380. The maximum atomic E-state index is 12.3. The van der Waals surface area contributed by atoms with Gasteiger partial charge in [0, 0.05) is 25.0 Å². The molecule has 0 spiro atoms. The quantitative estimate of drug-likeness (QED) is 0.886. The number of carbonyl (C=O) groups excluding carboxylic acids is 1. The highest BCUT2D eigenvalue weighted by Crippen LogP contribution is 2.11. The summed E-state index contributed by atoms with van der Waals surface area (Å²) < 4.78 is 5.44. The SMILES string of the molecule is Cc1ccc2c(=O)c(C(=O)NC[C@@H]3CCCO3)c[nH]c2n1. The predicted octanol–water partition coefficient (Wildman–Crippen LogP) is 1.14. The van der Waals surface area contributed by atoms with Gasteiger partial charge in [0.1, 0.15) is 11.2 Å². The second-order valence-corrected chi connectivity index (χ2v) is 5.23. The topological polar surface area (TPSA) is 84.1 Å². The van der Waals surface area contributed by atoms with Crippen molar-refractivity contribution in [3.63, 3.8) is 0 Å². The standard InChI is InChI=1S/C15H17N3O3/c1-9-4-5-11-13(19)12(8-16-14(11)18-9)15(20)17-7-10-3-2-6-21-10/h4-5,8,10H,2-3,6-7H2,1H3,(H,17,20)(H,16,18,19)/t10-/m0/s1. The van der Waals surface area contributed by atoms with E-state index in [4.69, 9.17) is 4.74 Å². The van der Waals surface area contributed by atoms with Crippen LogP contribution in [-0.2, 0) is 4.74 Å². The number of pyridine rings is 2. The Morgan fingerprint density at radius 2 is 2.38 bits per heavy atom. The third kappa shape index (κ3) is 2.80. The van der Waals surface area contributed by atoms with E-state index in [1.54, 1.807) is 12.1 Å². The van der Waals surface area contributed by atoms with E-state index in [1.807, 2.05) is 6.92 Å². The van der Waals surface area contributed by atoms with Crippen LogP contribution in [0.2, 0.25) is 0 Å². The second-order valence-electron chi connectivity index (χ2n) is 5.23. The molecule has 6 nitrogen and oxygen atoms in total. The first-order valence-corrected chi connectivity index (χ1v) is 7.04. The van der Waals surface area contributed by atoms with E-state index < -0.39 is 0 Å². The summed E-state index contributed by atoms with van der Waals surface area (Å²) >= 11 is 0. The van der Waals surface area contributed by atoms with E-state index in [2.05, 4.69) is 15.3 Å². The van der Waals surface area contributed by atoms with Crippen molar-refractivity contribution >= 4 is 16.9 Å². The number of carbonyl (C=O) groups is 1. The van der Waals surface area contributed by atoms with Crippen molar-refractivity contribution in [3.05, 3.63) is 39.8 Å². The summed E-state index contributed by atoms with van der Waals surface area (Å²) in [6.07, 6.45) is 3.43. The fourth-order valence-corrected chi connectivity index (χ4v) is 2.48. The monoisotopic (exact) mass is 287 g/mol. The van der Waals surface area contributed by atoms with Gasteiger partial charge in [-0.05, 0) is 31.9 Å². The molecule has 1 saturated heterocycles. The Morgan fingerprint density at radius 3 is 3.14 bits per heavy atom. The molecule has 6 heteroatoms. The average Bonchev–Trinajstić information content (AvgIpc) is 2.98. The van der Waals surface area contributed by atoms with Crippen LogP contribution < -0.4 is 10.7 Å². The van der Waals surface area contributed by atoms with Crippen molar-refractivity contribution in [2.75, 3.05) is 13.2 Å². The molecule has 0 radical (unpaired) electrons. The summed E-state index contributed by atoms with van der Waals surface area (Å²) in [7, 11) is 0. The third-order valence-corrected chi connectivity index (χ3v) is 3.64. The Balaban J connectivity index is 1.82. The molecule has 1 aliphatic heterocycles. The molecule has 0 saturated carbocycles. The minimum Gasteiger partial charge on any atom is -0.376 e. The molecule has 1 amide bonds. The number of nitrogens with zero attached hydrogens (tertiary/aromatic N) is 1. The van der Waals surface area contributed by atoms with Crippen molar-refractivity contribution in [2.24, 2.45) is 0 Å². The molecule has 2 aromatic heterocycles.